The predicted molar refractivity (Wildman–Crippen MR) is 107 cm³/mol. The molecule has 0 fully saturated rings. The fourth-order valence-electron chi connectivity index (χ4n) is 3.42. The Morgan fingerprint density at radius 1 is 1.07 bits per heavy atom. The van der Waals surface area contributed by atoms with Gasteiger partial charge < -0.3 is 14.8 Å². The Bertz CT molecular complexity index is 814. The van der Waals surface area contributed by atoms with Crippen LogP contribution in [0, 0.1) is 0 Å². The number of fused-ring (bicyclic) bond motifs is 1. The molecule has 1 amide bonds. The van der Waals surface area contributed by atoms with Crippen LogP contribution in [0.5, 0.6) is 5.75 Å². The summed E-state index contributed by atoms with van der Waals surface area (Å²) in [5.74, 6) is 0.182. The summed E-state index contributed by atoms with van der Waals surface area (Å²) in [6, 6.07) is 15.7. The first-order valence-electron chi connectivity index (χ1n) is 9.78. The molecule has 5 heteroatoms. The molecule has 2 aromatic carbocycles. The molecule has 148 valence electrons. The average molecular weight is 381 g/mol. The predicted octanol–water partition coefficient (Wildman–Crippen LogP) is 3.93. The maximum atomic E-state index is 12.2. The first kappa shape index (κ1) is 19.9. The van der Waals surface area contributed by atoms with Gasteiger partial charge in [0.05, 0.1) is 6.04 Å². The zero-order valence-corrected chi connectivity index (χ0v) is 16.4. The molecule has 0 saturated carbocycles. The summed E-state index contributed by atoms with van der Waals surface area (Å²) in [6.45, 7) is 3.71. The number of carbonyl (C=O) groups is 2. The molecule has 0 aliphatic heterocycles. The van der Waals surface area contributed by atoms with Gasteiger partial charge in [-0.25, -0.2) is 4.79 Å². The third-order valence-electron chi connectivity index (χ3n) is 4.97. The van der Waals surface area contributed by atoms with Crippen LogP contribution >= 0.6 is 0 Å². The first-order chi connectivity index (χ1) is 13.5. The molecule has 0 saturated heterocycles. The molecule has 3 rings (SSSR count). The molecule has 0 aromatic heterocycles. The van der Waals surface area contributed by atoms with Gasteiger partial charge in [0.25, 0.3) is 5.91 Å². The van der Waals surface area contributed by atoms with E-state index in [4.69, 9.17) is 9.47 Å². The molecule has 5 nitrogen and oxygen atoms in total. The summed E-state index contributed by atoms with van der Waals surface area (Å²) in [7, 11) is 0. The van der Waals surface area contributed by atoms with Crippen molar-refractivity contribution in [1.29, 1.82) is 0 Å². The van der Waals surface area contributed by atoms with Crippen molar-refractivity contribution in [2.24, 2.45) is 0 Å². The van der Waals surface area contributed by atoms with Gasteiger partial charge in [0.15, 0.2) is 13.2 Å². The number of esters is 1. The molecular weight excluding hydrogens is 354 g/mol. The monoisotopic (exact) mass is 381 g/mol. The lowest BCUT2D eigenvalue weighted by Crippen LogP contribution is -2.34. The number of aryl methyl sites for hydroxylation is 1. The minimum absolute atomic E-state index is 0.0214. The standard InChI is InChI=1S/C23H27NO4/c1-16(2)17-10-12-19(13-11-17)27-15-23(26)28-14-22(25)24-21-9-5-7-18-6-3-4-8-20(18)21/h3-4,6,8,10-13,16,21H,5,7,9,14-15H2,1-2H3,(H,24,25)/t21-/m0/s1. The lowest BCUT2D eigenvalue weighted by molar-refractivity contribution is -0.150. The van der Waals surface area contributed by atoms with E-state index in [0.29, 0.717) is 11.7 Å². The molecule has 1 aliphatic rings. The Labute approximate surface area is 166 Å². The fraction of sp³-hybridized carbons (Fsp3) is 0.391. The van der Waals surface area contributed by atoms with Crippen molar-refractivity contribution in [2.45, 2.75) is 45.1 Å². The summed E-state index contributed by atoms with van der Waals surface area (Å²) in [5, 5.41) is 2.96. The van der Waals surface area contributed by atoms with E-state index in [2.05, 4.69) is 25.2 Å². The number of hydrogen-bond donors (Lipinski definition) is 1. The van der Waals surface area contributed by atoms with Crippen LogP contribution in [0.1, 0.15) is 55.3 Å². The molecule has 2 aromatic rings. The van der Waals surface area contributed by atoms with Crippen molar-refractivity contribution >= 4 is 11.9 Å². The Balaban J connectivity index is 1.42. The van der Waals surface area contributed by atoms with E-state index >= 15 is 0 Å². The SMILES string of the molecule is CC(C)c1ccc(OCC(=O)OCC(=O)N[C@H]2CCCc3ccccc32)cc1. The van der Waals surface area contributed by atoms with E-state index in [1.165, 1.54) is 11.1 Å². The van der Waals surface area contributed by atoms with E-state index in [0.717, 1.165) is 24.8 Å². The summed E-state index contributed by atoms with van der Waals surface area (Å²) in [5.41, 5.74) is 3.63. The number of carbonyl (C=O) groups excluding carboxylic acids is 2. The highest BCUT2D eigenvalue weighted by molar-refractivity contribution is 5.81. The van der Waals surface area contributed by atoms with Crippen LogP contribution in [0.25, 0.3) is 0 Å². The number of rotatable bonds is 7. The van der Waals surface area contributed by atoms with Crippen LogP contribution in [0.15, 0.2) is 48.5 Å². The highest BCUT2D eigenvalue weighted by Crippen LogP contribution is 2.29. The first-order valence-corrected chi connectivity index (χ1v) is 9.78. The summed E-state index contributed by atoms with van der Waals surface area (Å²) in [6.07, 6.45) is 2.96. The quantitative estimate of drug-likeness (QED) is 0.738. The van der Waals surface area contributed by atoms with Crippen LogP contribution in [-0.2, 0) is 20.7 Å². The minimum Gasteiger partial charge on any atom is -0.482 e. The number of hydrogen-bond acceptors (Lipinski definition) is 4. The van der Waals surface area contributed by atoms with E-state index < -0.39 is 5.97 Å². The van der Waals surface area contributed by atoms with Gasteiger partial charge in [-0.3, -0.25) is 4.79 Å². The molecule has 1 atom stereocenters. The molecule has 0 unspecified atom stereocenters. The second-order valence-corrected chi connectivity index (χ2v) is 7.38. The second-order valence-electron chi connectivity index (χ2n) is 7.38. The molecule has 0 heterocycles. The molecule has 0 spiro atoms. The Morgan fingerprint density at radius 3 is 2.57 bits per heavy atom. The Morgan fingerprint density at radius 2 is 1.82 bits per heavy atom. The lowest BCUT2D eigenvalue weighted by Gasteiger charge is -2.26. The van der Waals surface area contributed by atoms with Crippen molar-refractivity contribution < 1.29 is 19.1 Å². The highest BCUT2D eigenvalue weighted by atomic mass is 16.6. The third-order valence-corrected chi connectivity index (χ3v) is 4.97. The molecule has 1 aliphatic carbocycles. The van der Waals surface area contributed by atoms with Crippen molar-refractivity contribution in [2.75, 3.05) is 13.2 Å². The lowest BCUT2D eigenvalue weighted by atomic mass is 9.88. The van der Waals surface area contributed by atoms with Crippen molar-refractivity contribution in [3.05, 3.63) is 65.2 Å². The van der Waals surface area contributed by atoms with Gasteiger partial charge >= 0.3 is 5.97 Å². The van der Waals surface area contributed by atoms with Crippen LogP contribution in [0.3, 0.4) is 0 Å². The van der Waals surface area contributed by atoms with Gasteiger partial charge in [-0.15, -0.1) is 0 Å². The largest absolute Gasteiger partial charge is 0.482 e. The molecule has 0 radical (unpaired) electrons. The van der Waals surface area contributed by atoms with E-state index in [9.17, 15) is 9.59 Å². The number of benzene rings is 2. The van der Waals surface area contributed by atoms with E-state index in [1.54, 1.807) is 0 Å². The summed E-state index contributed by atoms with van der Waals surface area (Å²) < 4.78 is 10.5. The van der Waals surface area contributed by atoms with Crippen LogP contribution in [-0.4, -0.2) is 25.1 Å². The summed E-state index contributed by atoms with van der Waals surface area (Å²) in [4.78, 5) is 24.0. The smallest absolute Gasteiger partial charge is 0.344 e. The fourth-order valence-corrected chi connectivity index (χ4v) is 3.42. The molecule has 0 bridgehead atoms. The Hall–Kier alpha value is -2.82. The van der Waals surface area contributed by atoms with Gasteiger partial charge in [-0.05, 0) is 54.0 Å². The van der Waals surface area contributed by atoms with Gasteiger partial charge in [0.1, 0.15) is 5.75 Å². The van der Waals surface area contributed by atoms with Crippen LogP contribution < -0.4 is 10.1 Å². The van der Waals surface area contributed by atoms with Crippen LogP contribution in [0.4, 0.5) is 0 Å². The van der Waals surface area contributed by atoms with E-state index in [1.807, 2.05) is 42.5 Å². The van der Waals surface area contributed by atoms with Crippen molar-refractivity contribution in [3.63, 3.8) is 0 Å². The maximum absolute atomic E-state index is 12.2. The number of amides is 1. The number of nitrogens with one attached hydrogen (secondary N) is 1. The molecule has 1 N–H and O–H groups in total. The highest BCUT2D eigenvalue weighted by Gasteiger charge is 2.21. The zero-order valence-electron chi connectivity index (χ0n) is 16.4. The van der Waals surface area contributed by atoms with Crippen molar-refractivity contribution in [1.82, 2.24) is 5.32 Å². The van der Waals surface area contributed by atoms with E-state index in [-0.39, 0.29) is 25.2 Å². The van der Waals surface area contributed by atoms with Crippen LogP contribution in [0.2, 0.25) is 0 Å². The average Bonchev–Trinajstić information content (AvgIpc) is 2.71. The Kier molecular flexibility index (Phi) is 6.69. The van der Waals surface area contributed by atoms with Gasteiger partial charge in [-0.2, -0.15) is 0 Å². The molecule has 28 heavy (non-hydrogen) atoms. The maximum Gasteiger partial charge on any atom is 0.344 e. The third kappa shape index (κ3) is 5.35. The summed E-state index contributed by atoms with van der Waals surface area (Å²) >= 11 is 0. The van der Waals surface area contributed by atoms with Crippen molar-refractivity contribution in [3.8, 4) is 5.75 Å². The zero-order chi connectivity index (χ0) is 19.9. The van der Waals surface area contributed by atoms with Gasteiger partial charge in [0.2, 0.25) is 0 Å². The van der Waals surface area contributed by atoms with Gasteiger partial charge in [-0.1, -0.05) is 50.2 Å². The molecular formula is C23H27NO4. The second kappa shape index (κ2) is 9.40. The topological polar surface area (TPSA) is 64.6 Å². The number of ether oxygens (including phenoxy) is 2. The normalized spacial score (nSPS) is 15.6. The van der Waals surface area contributed by atoms with Gasteiger partial charge in [0, 0.05) is 0 Å². The minimum atomic E-state index is -0.563.